The number of furan rings is 1. The van der Waals surface area contributed by atoms with E-state index in [1.54, 1.807) is 25.2 Å². The highest BCUT2D eigenvalue weighted by molar-refractivity contribution is 7.88. The molecule has 234 valence electrons. The molecule has 3 aromatic rings. The van der Waals surface area contributed by atoms with E-state index in [1.165, 1.54) is 24.1 Å². The third kappa shape index (κ3) is 6.37. The summed E-state index contributed by atoms with van der Waals surface area (Å²) < 4.78 is 51.1. The average molecular weight is 629 g/mol. The van der Waals surface area contributed by atoms with Gasteiger partial charge in [-0.1, -0.05) is 6.07 Å². The predicted molar refractivity (Wildman–Crippen MR) is 157 cm³/mol. The van der Waals surface area contributed by atoms with Crippen molar-refractivity contribution in [3.05, 3.63) is 64.7 Å². The Bertz CT molecular complexity index is 1770. The number of hydrogen-bond donors (Lipinski definition) is 2. The number of halogens is 1. The van der Waals surface area contributed by atoms with Gasteiger partial charge in [-0.05, 0) is 49.8 Å². The molecular weight excluding hydrogens is 595 g/mol. The minimum Gasteiger partial charge on any atom is -0.497 e. The molecule has 2 N–H and O–H groups in total. The van der Waals surface area contributed by atoms with Gasteiger partial charge in [0.2, 0.25) is 21.8 Å². The highest BCUT2D eigenvalue weighted by atomic mass is 32.2. The number of imide groups is 1. The van der Waals surface area contributed by atoms with Crippen molar-refractivity contribution in [1.82, 2.24) is 19.8 Å². The molecule has 0 aliphatic carbocycles. The van der Waals surface area contributed by atoms with Gasteiger partial charge in [0.25, 0.3) is 5.91 Å². The lowest BCUT2D eigenvalue weighted by atomic mass is 9.82. The molecule has 3 heterocycles. The summed E-state index contributed by atoms with van der Waals surface area (Å²) in [6.45, 7) is 1.24. The van der Waals surface area contributed by atoms with Gasteiger partial charge in [-0.25, -0.2) is 17.5 Å². The maximum absolute atomic E-state index is 15.1. The molecule has 0 radical (unpaired) electrons. The number of ketones is 1. The van der Waals surface area contributed by atoms with E-state index in [4.69, 9.17) is 9.15 Å². The third-order valence-corrected chi connectivity index (χ3v) is 8.71. The zero-order chi connectivity index (χ0) is 31.8. The SMILES string of the molecule is COc1ccc2c(c1)C(=O)N(C[C@@]1(c3cc4cc(C(=O)CCCN(C)CCNS(C)(=O)=O)c(F)cc4o3)CC(=O)NC1=O)C2. The smallest absolute Gasteiger partial charge is 0.254 e. The first-order valence-corrected chi connectivity index (χ1v) is 15.9. The zero-order valence-corrected chi connectivity index (χ0v) is 25.4. The standard InChI is InChI=1S/C30H33FN4O8S/c1-34(10-8-32-44(3,40)41)9-4-5-24(36)22-11-19-12-26(43-25(19)14-23(22)31)30(15-27(37)33-29(30)39)17-35-16-18-6-7-20(42-2)13-21(18)28(35)38/h6-7,11-14,32H,4-5,8-10,15-17H2,1-3H3,(H,33,37,39)/t30-/m1/s1. The van der Waals surface area contributed by atoms with Gasteiger partial charge >= 0.3 is 0 Å². The van der Waals surface area contributed by atoms with Crippen LogP contribution in [-0.2, 0) is 31.6 Å². The summed E-state index contributed by atoms with van der Waals surface area (Å²) in [6.07, 6.45) is 1.29. The summed E-state index contributed by atoms with van der Waals surface area (Å²) in [5.74, 6) is -2.08. The summed E-state index contributed by atoms with van der Waals surface area (Å²) in [6, 6.07) is 9.10. The first-order valence-electron chi connectivity index (χ1n) is 14.0. The molecule has 2 aliphatic rings. The van der Waals surface area contributed by atoms with Crippen LogP contribution in [0.5, 0.6) is 5.75 Å². The lowest BCUT2D eigenvalue weighted by Gasteiger charge is -2.28. The summed E-state index contributed by atoms with van der Waals surface area (Å²) in [4.78, 5) is 55.2. The van der Waals surface area contributed by atoms with Gasteiger partial charge in [0.15, 0.2) is 5.78 Å². The number of Topliss-reactive ketones (excluding diaryl/α,β-unsaturated/α-hetero) is 1. The highest BCUT2D eigenvalue weighted by Crippen LogP contribution is 2.39. The van der Waals surface area contributed by atoms with E-state index in [2.05, 4.69) is 10.0 Å². The molecule has 0 saturated carbocycles. The quantitative estimate of drug-likeness (QED) is 0.214. The van der Waals surface area contributed by atoms with Gasteiger partial charge in [-0.15, -0.1) is 0 Å². The van der Waals surface area contributed by atoms with Crippen molar-refractivity contribution in [3.63, 3.8) is 0 Å². The summed E-state index contributed by atoms with van der Waals surface area (Å²) in [7, 11) is -0.00251. The first-order chi connectivity index (χ1) is 20.8. The Hall–Kier alpha value is -4.14. The molecule has 1 atom stereocenters. The molecule has 0 spiro atoms. The van der Waals surface area contributed by atoms with Crippen LogP contribution in [0.1, 0.15) is 51.3 Å². The van der Waals surface area contributed by atoms with E-state index in [0.29, 0.717) is 36.2 Å². The lowest BCUT2D eigenvalue weighted by molar-refractivity contribution is -0.127. The van der Waals surface area contributed by atoms with Crippen molar-refractivity contribution in [2.75, 3.05) is 46.6 Å². The average Bonchev–Trinajstić information content (AvgIpc) is 3.60. The number of amides is 3. The Balaban J connectivity index is 1.33. The van der Waals surface area contributed by atoms with E-state index < -0.39 is 38.9 Å². The van der Waals surface area contributed by atoms with E-state index in [1.807, 2.05) is 4.90 Å². The van der Waals surface area contributed by atoms with Crippen molar-refractivity contribution in [3.8, 4) is 5.75 Å². The van der Waals surface area contributed by atoms with Gasteiger partial charge in [0.05, 0.1) is 25.3 Å². The Kier molecular flexibility index (Phi) is 8.60. The second kappa shape index (κ2) is 12.1. The second-order valence-corrected chi connectivity index (χ2v) is 13.1. The topological polar surface area (TPSA) is 155 Å². The van der Waals surface area contributed by atoms with Gasteiger partial charge in [-0.2, -0.15) is 0 Å². The molecule has 12 nitrogen and oxygen atoms in total. The Morgan fingerprint density at radius 2 is 1.95 bits per heavy atom. The van der Waals surface area contributed by atoms with Crippen LogP contribution in [-0.4, -0.2) is 88.3 Å². The number of rotatable bonds is 13. The Morgan fingerprint density at radius 1 is 1.18 bits per heavy atom. The molecule has 2 aromatic carbocycles. The van der Waals surface area contributed by atoms with Gasteiger partial charge < -0.3 is 19.0 Å². The number of sulfonamides is 1. The van der Waals surface area contributed by atoms with Crippen LogP contribution in [0.3, 0.4) is 0 Å². The van der Waals surface area contributed by atoms with Crippen LogP contribution < -0.4 is 14.8 Å². The number of carbonyl (C=O) groups is 4. The fraction of sp³-hybridized carbons (Fsp3) is 0.400. The molecule has 0 bridgehead atoms. The summed E-state index contributed by atoms with van der Waals surface area (Å²) >= 11 is 0. The van der Waals surface area contributed by atoms with Crippen LogP contribution in [0.4, 0.5) is 4.39 Å². The van der Waals surface area contributed by atoms with Crippen LogP contribution in [0.15, 0.2) is 40.8 Å². The number of carbonyl (C=O) groups excluding carboxylic acids is 4. The number of nitrogens with one attached hydrogen (secondary N) is 2. The normalized spacial score (nSPS) is 18.4. The Morgan fingerprint density at radius 3 is 2.64 bits per heavy atom. The molecule has 3 amide bonds. The number of likely N-dealkylation sites (N-methyl/N-ethyl adjacent to an activating group) is 1. The van der Waals surface area contributed by atoms with E-state index >= 15 is 4.39 Å². The highest BCUT2D eigenvalue weighted by Gasteiger charge is 2.53. The monoisotopic (exact) mass is 628 g/mol. The van der Waals surface area contributed by atoms with Crippen LogP contribution in [0.2, 0.25) is 0 Å². The van der Waals surface area contributed by atoms with Gasteiger partial charge in [-0.3, -0.25) is 24.5 Å². The minimum atomic E-state index is -3.29. The third-order valence-electron chi connectivity index (χ3n) is 7.99. The van der Waals surface area contributed by atoms with Crippen molar-refractivity contribution in [2.24, 2.45) is 0 Å². The van der Waals surface area contributed by atoms with Crippen LogP contribution in [0, 0.1) is 5.82 Å². The number of nitrogens with zero attached hydrogens (tertiary/aromatic N) is 2. The molecular formula is C30H33FN4O8S. The van der Waals surface area contributed by atoms with Crippen molar-refractivity contribution in [2.45, 2.75) is 31.2 Å². The summed E-state index contributed by atoms with van der Waals surface area (Å²) in [5.41, 5.74) is -0.390. The number of ether oxygens (including phenoxy) is 1. The fourth-order valence-corrected chi connectivity index (χ4v) is 6.12. The first kappa shape index (κ1) is 31.3. The maximum atomic E-state index is 15.1. The fourth-order valence-electron chi connectivity index (χ4n) is 5.66. The molecule has 1 aromatic heterocycles. The van der Waals surface area contributed by atoms with Crippen molar-refractivity contribution < 1.29 is 41.1 Å². The number of methoxy groups -OCH3 is 1. The van der Waals surface area contributed by atoms with Crippen LogP contribution >= 0.6 is 0 Å². The van der Waals surface area contributed by atoms with E-state index in [-0.39, 0.29) is 55.3 Å². The predicted octanol–water partition coefficient (Wildman–Crippen LogP) is 1.96. The van der Waals surface area contributed by atoms with Gasteiger partial charge in [0.1, 0.15) is 28.3 Å². The maximum Gasteiger partial charge on any atom is 0.254 e. The van der Waals surface area contributed by atoms with Crippen molar-refractivity contribution >= 4 is 44.5 Å². The zero-order valence-electron chi connectivity index (χ0n) is 24.6. The molecule has 0 unspecified atom stereocenters. The molecule has 14 heteroatoms. The molecule has 44 heavy (non-hydrogen) atoms. The molecule has 2 aliphatic heterocycles. The lowest BCUT2D eigenvalue weighted by Crippen LogP contribution is -2.46. The van der Waals surface area contributed by atoms with Crippen LogP contribution in [0.25, 0.3) is 11.0 Å². The van der Waals surface area contributed by atoms with E-state index in [9.17, 15) is 27.6 Å². The molecule has 1 fully saturated rings. The van der Waals surface area contributed by atoms with Crippen molar-refractivity contribution in [1.29, 1.82) is 0 Å². The number of fused-ring (bicyclic) bond motifs is 2. The second-order valence-electron chi connectivity index (χ2n) is 11.3. The summed E-state index contributed by atoms with van der Waals surface area (Å²) in [5, 5.41) is 2.69. The number of hydrogen-bond acceptors (Lipinski definition) is 9. The van der Waals surface area contributed by atoms with E-state index in [0.717, 1.165) is 17.9 Å². The largest absolute Gasteiger partial charge is 0.497 e. The van der Waals surface area contributed by atoms with Gasteiger partial charge in [0, 0.05) is 49.6 Å². The Labute approximate surface area is 253 Å². The number of benzene rings is 2. The minimum absolute atomic E-state index is 0.0558. The molecule has 1 saturated heterocycles. The molecule has 5 rings (SSSR count).